The second-order valence-corrected chi connectivity index (χ2v) is 11.5. The van der Waals surface area contributed by atoms with Gasteiger partial charge in [0, 0.05) is 11.1 Å². The van der Waals surface area contributed by atoms with Crippen molar-refractivity contribution >= 4 is 0 Å². The Morgan fingerprint density at radius 3 is 2.02 bits per heavy atom. The molecule has 4 heteroatoms. The average molecular weight is 551 g/mol. The number of hydrogen-bond acceptors (Lipinski definition) is 1. The summed E-state index contributed by atoms with van der Waals surface area (Å²) in [5.41, 5.74) is 3.48. The Bertz CT molecular complexity index is 1200. The van der Waals surface area contributed by atoms with E-state index < -0.39 is 11.6 Å². The molecule has 2 atom stereocenters. The van der Waals surface area contributed by atoms with Gasteiger partial charge in [0.25, 0.3) is 0 Å². The molecule has 0 N–H and O–H groups in total. The number of benzene rings is 3. The summed E-state index contributed by atoms with van der Waals surface area (Å²) in [5, 5.41) is 0. The fourth-order valence-electron chi connectivity index (χ4n) is 5.87. The molecule has 40 heavy (non-hydrogen) atoms. The first-order valence-corrected chi connectivity index (χ1v) is 15.5. The fourth-order valence-corrected chi connectivity index (χ4v) is 5.87. The van der Waals surface area contributed by atoms with Gasteiger partial charge in [-0.3, -0.25) is 0 Å². The number of hydrogen-bond donors (Lipinski definition) is 0. The topological polar surface area (TPSA) is 9.23 Å². The second kappa shape index (κ2) is 15.4. The lowest BCUT2D eigenvalue weighted by Gasteiger charge is -2.29. The van der Waals surface area contributed by atoms with Crippen LogP contribution in [0, 0.1) is 23.4 Å². The summed E-state index contributed by atoms with van der Waals surface area (Å²) in [6.45, 7) is 5.07. The molecule has 1 aliphatic rings. The van der Waals surface area contributed by atoms with Gasteiger partial charge in [-0.1, -0.05) is 114 Å². The number of unbranched alkanes of at least 4 members (excludes halogenated alkanes) is 7. The molecule has 1 heterocycles. The van der Waals surface area contributed by atoms with Crippen LogP contribution in [-0.4, -0.2) is 6.61 Å². The van der Waals surface area contributed by atoms with E-state index in [1.54, 1.807) is 30.3 Å². The molecule has 1 nitrogen and oxygen atoms in total. The maximum absolute atomic E-state index is 15.2. The molecular formula is C36H45F3O. The lowest BCUT2D eigenvalue weighted by atomic mass is 9.90. The first-order chi connectivity index (χ1) is 19.5. The number of rotatable bonds is 14. The number of halogens is 3. The Hall–Kier alpha value is -2.59. The van der Waals surface area contributed by atoms with Gasteiger partial charge in [0.15, 0.2) is 11.6 Å². The van der Waals surface area contributed by atoms with Crippen LogP contribution in [0.1, 0.15) is 108 Å². The summed E-state index contributed by atoms with van der Waals surface area (Å²) < 4.78 is 50.9. The van der Waals surface area contributed by atoms with E-state index >= 15 is 4.39 Å². The predicted octanol–water partition coefficient (Wildman–Crippen LogP) is 11.4. The van der Waals surface area contributed by atoms with Gasteiger partial charge in [-0.05, 0) is 66.3 Å². The summed E-state index contributed by atoms with van der Waals surface area (Å²) in [7, 11) is 0. The number of ether oxygens (including phenoxy) is 1. The minimum Gasteiger partial charge on any atom is -0.373 e. The summed E-state index contributed by atoms with van der Waals surface area (Å²) in [4.78, 5) is 0. The Labute approximate surface area is 239 Å². The molecule has 3 aromatic carbocycles. The number of aryl methyl sites for hydroxylation is 1. The van der Waals surface area contributed by atoms with Crippen LogP contribution in [0.25, 0.3) is 22.3 Å². The highest BCUT2D eigenvalue weighted by Gasteiger charge is 2.25. The third kappa shape index (κ3) is 8.00. The third-order valence-corrected chi connectivity index (χ3v) is 8.42. The molecule has 1 aliphatic heterocycles. The van der Waals surface area contributed by atoms with Gasteiger partial charge in [0.05, 0.1) is 12.7 Å². The van der Waals surface area contributed by atoms with Crippen molar-refractivity contribution in [2.24, 2.45) is 5.92 Å². The molecule has 0 bridgehead atoms. The lowest BCUT2D eigenvalue weighted by Crippen LogP contribution is -2.21. The molecule has 0 aliphatic carbocycles. The molecule has 0 amide bonds. The molecule has 0 saturated carbocycles. The van der Waals surface area contributed by atoms with Crippen LogP contribution >= 0.6 is 0 Å². The van der Waals surface area contributed by atoms with Crippen molar-refractivity contribution < 1.29 is 17.9 Å². The van der Waals surface area contributed by atoms with E-state index in [9.17, 15) is 8.78 Å². The average Bonchev–Trinajstić information content (AvgIpc) is 2.98. The van der Waals surface area contributed by atoms with Crippen LogP contribution in [-0.2, 0) is 11.2 Å². The molecule has 0 spiro atoms. The van der Waals surface area contributed by atoms with E-state index in [-0.39, 0.29) is 17.5 Å². The molecular weight excluding hydrogens is 505 g/mol. The highest BCUT2D eigenvalue weighted by Crippen LogP contribution is 2.36. The maximum Gasteiger partial charge on any atom is 0.166 e. The molecule has 0 radical (unpaired) electrons. The Kier molecular flexibility index (Phi) is 11.7. The Balaban J connectivity index is 1.35. The molecule has 216 valence electrons. The zero-order chi connectivity index (χ0) is 28.3. The van der Waals surface area contributed by atoms with Gasteiger partial charge in [-0.2, -0.15) is 0 Å². The summed E-state index contributed by atoms with van der Waals surface area (Å²) in [5.74, 6) is -1.23. The fraction of sp³-hybridized carbons (Fsp3) is 0.500. The predicted molar refractivity (Wildman–Crippen MR) is 160 cm³/mol. The van der Waals surface area contributed by atoms with Crippen molar-refractivity contribution in [2.75, 3.05) is 6.61 Å². The smallest absolute Gasteiger partial charge is 0.166 e. The lowest BCUT2D eigenvalue weighted by molar-refractivity contribution is -0.0215. The van der Waals surface area contributed by atoms with Gasteiger partial charge >= 0.3 is 0 Å². The van der Waals surface area contributed by atoms with Crippen LogP contribution in [0.5, 0.6) is 0 Å². The quantitative estimate of drug-likeness (QED) is 0.181. The van der Waals surface area contributed by atoms with Crippen molar-refractivity contribution in [3.63, 3.8) is 0 Å². The van der Waals surface area contributed by atoms with Crippen molar-refractivity contribution in [1.82, 2.24) is 0 Å². The first-order valence-electron chi connectivity index (χ1n) is 15.5. The summed E-state index contributed by atoms with van der Waals surface area (Å²) in [6, 6.07) is 15.9. The van der Waals surface area contributed by atoms with E-state index in [0.29, 0.717) is 35.6 Å². The van der Waals surface area contributed by atoms with Crippen molar-refractivity contribution in [3.05, 3.63) is 83.2 Å². The SMILES string of the molecule is CCCCCCCC1CCC(c2ccc(-c3ccc(-c4ccc(CCCCCC)c(F)c4F)cc3)cc2F)OC1. The molecule has 0 aromatic heterocycles. The van der Waals surface area contributed by atoms with E-state index in [4.69, 9.17) is 4.74 Å². The molecule has 4 rings (SSSR count). The van der Waals surface area contributed by atoms with Crippen LogP contribution in [0.2, 0.25) is 0 Å². The van der Waals surface area contributed by atoms with Gasteiger partial charge in [0.1, 0.15) is 5.82 Å². The maximum atomic E-state index is 15.2. The van der Waals surface area contributed by atoms with Gasteiger partial charge < -0.3 is 4.74 Å². The molecule has 1 fully saturated rings. The van der Waals surface area contributed by atoms with Crippen LogP contribution in [0.3, 0.4) is 0 Å². The standard InChI is InChI=1S/C36H45F3O/c1-3-5-7-9-10-12-26-14-23-34(40-25-26)32-22-20-30(24-33(32)37)27-15-17-28(18-16-27)31-21-19-29(35(38)36(31)39)13-11-8-6-4-2/h15-22,24,26,34H,3-14,23,25H2,1-2H3. The molecule has 2 unspecified atom stereocenters. The largest absolute Gasteiger partial charge is 0.373 e. The van der Waals surface area contributed by atoms with Crippen molar-refractivity contribution in [3.8, 4) is 22.3 Å². The highest BCUT2D eigenvalue weighted by atomic mass is 19.2. The van der Waals surface area contributed by atoms with E-state index in [2.05, 4.69) is 13.8 Å². The Morgan fingerprint density at radius 1 is 0.675 bits per heavy atom. The van der Waals surface area contributed by atoms with Gasteiger partial charge in [-0.25, -0.2) is 13.2 Å². The van der Waals surface area contributed by atoms with Crippen molar-refractivity contribution in [1.29, 1.82) is 0 Å². The van der Waals surface area contributed by atoms with Gasteiger partial charge in [0.2, 0.25) is 0 Å². The summed E-state index contributed by atoms with van der Waals surface area (Å²) >= 11 is 0. The van der Waals surface area contributed by atoms with E-state index in [0.717, 1.165) is 49.7 Å². The van der Waals surface area contributed by atoms with E-state index in [1.807, 2.05) is 24.3 Å². The van der Waals surface area contributed by atoms with E-state index in [1.165, 1.54) is 38.5 Å². The van der Waals surface area contributed by atoms with Crippen LogP contribution in [0.15, 0.2) is 54.6 Å². The normalized spacial score (nSPS) is 17.3. The molecule has 3 aromatic rings. The minimum absolute atomic E-state index is 0.194. The van der Waals surface area contributed by atoms with Gasteiger partial charge in [-0.15, -0.1) is 0 Å². The van der Waals surface area contributed by atoms with Crippen molar-refractivity contribution in [2.45, 2.75) is 103 Å². The zero-order valence-corrected chi connectivity index (χ0v) is 24.3. The molecule has 1 saturated heterocycles. The second-order valence-electron chi connectivity index (χ2n) is 11.5. The van der Waals surface area contributed by atoms with Crippen LogP contribution < -0.4 is 0 Å². The monoisotopic (exact) mass is 550 g/mol. The third-order valence-electron chi connectivity index (χ3n) is 8.42. The van der Waals surface area contributed by atoms with Crippen LogP contribution in [0.4, 0.5) is 13.2 Å². The minimum atomic E-state index is -0.803. The summed E-state index contributed by atoms with van der Waals surface area (Å²) in [6.07, 6.45) is 14.0. The zero-order valence-electron chi connectivity index (χ0n) is 24.3. The Morgan fingerprint density at radius 2 is 1.35 bits per heavy atom. The highest BCUT2D eigenvalue weighted by molar-refractivity contribution is 5.71. The first kappa shape index (κ1) is 30.4.